The van der Waals surface area contributed by atoms with Gasteiger partial charge in [0.2, 0.25) is 5.91 Å². The van der Waals surface area contributed by atoms with E-state index in [0.717, 1.165) is 30.8 Å². The van der Waals surface area contributed by atoms with Crippen LogP contribution in [0.1, 0.15) is 42.8 Å². The number of aromatic nitrogens is 3. The molecule has 1 atom stereocenters. The van der Waals surface area contributed by atoms with Gasteiger partial charge in [0, 0.05) is 39.5 Å². The van der Waals surface area contributed by atoms with E-state index in [1.807, 2.05) is 25.8 Å². The minimum Gasteiger partial charge on any atom is -0.352 e. The summed E-state index contributed by atoms with van der Waals surface area (Å²) in [6.07, 6.45) is 7.97. The number of aryl methyl sites for hydroxylation is 1. The summed E-state index contributed by atoms with van der Waals surface area (Å²) in [6, 6.07) is 4.50. The third kappa shape index (κ3) is 3.76. The highest BCUT2D eigenvalue weighted by Gasteiger charge is 2.27. The Morgan fingerprint density at radius 3 is 2.91 bits per heavy atom. The summed E-state index contributed by atoms with van der Waals surface area (Å²) in [6.45, 7) is 4.05. The van der Waals surface area contributed by atoms with E-state index in [1.165, 1.54) is 19.0 Å². The molecule has 0 aliphatic carbocycles. The van der Waals surface area contributed by atoms with Gasteiger partial charge >= 0.3 is 0 Å². The topological polar surface area (TPSA) is 63.1 Å². The second-order valence-corrected chi connectivity index (χ2v) is 6.13. The van der Waals surface area contributed by atoms with Crippen molar-refractivity contribution in [3.8, 4) is 0 Å². The molecule has 1 aliphatic heterocycles. The summed E-state index contributed by atoms with van der Waals surface area (Å²) in [7, 11) is 2.03. The molecule has 122 valence electrons. The number of likely N-dealkylation sites (tertiary alicyclic amines) is 1. The fraction of sp³-hybridized carbons (Fsp3) is 0.471. The van der Waals surface area contributed by atoms with Crippen molar-refractivity contribution in [2.24, 2.45) is 7.05 Å². The number of imidazole rings is 1. The van der Waals surface area contributed by atoms with Crippen LogP contribution in [0.3, 0.4) is 0 Å². The first-order valence-corrected chi connectivity index (χ1v) is 8.02. The van der Waals surface area contributed by atoms with Crippen LogP contribution in [0.4, 0.5) is 0 Å². The molecule has 3 rings (SSSR count). The Labute approximate surface area is 136 Å². The number of carbonyl (C=O) groups excluding carboxylic acids is 1. The standard InChI is InChI=1S/C17H23N5O/c1-13(23)19-8-14-5-6-16(20-9-14)17-4-3-7-22(17)11-15-10-18-12-21(15)2/h5-6,9-10,12,17H,3-4,7-8,11H2,1-2H3,(H,19,23)/t17-/m0/s1. The average Bonchev–Trinajstić information content (AvgIpc) is 3.16. The van der Waals surface area contributed by atoms with E-state index in [2.05, 4.69) is 36.9 Å². The van der Waals surface area contributed by atoms with Crippen molar-refractivity contribution >= 4 is 5.91 Å². The molecule has 2 aromatic rings. The third-order valence-electron chi connectivity index (χ3n) is 4.38. The zero-order chi connectivity index (χ0) is 16.2. The van der Waals surface area contributed by atoms with Crippen molar-refractivity contribution < 1.29 is 4.79 Å². The predicted molar refractivity (Wildman–Crippen MR) is 87.4 cm³/mol. The van der Waals surface area contributed by atoms with E-state index < -0.39 is 0 Å². The van der Waals surface area contributed by atoms with Crippen molar-refractivity contribution in [1.82, 2.24) is 24.8 Å². The van der Waals surface area contributed by atoms with Crippen LogP contribution in [0.25, 0.3) is 0 Å². The van der Waals surface area contributed by atoms with Gasteiger partial charge in [0.25, 0.3) is 0 Å². The Morgan fingerprint density at radius 2 is 2.26 bits per heavy atom. The van der Waals surface area contributed by atoms with Gasteiger partial charge in [0.1, 0.15) is 0 Å². The van der Waals surface area contributed by atoms with Crippen molar-refractivity contribution in [1.29, 1.82) is 0 Å². The maximum atomic E-state index is 11.0. The summed E-state index contributed by atoms with van der Waals surface area (Å²) in [5, 5.41) is 2.80. The van der Waals surface area contributed by atoms with Crippen LogP contribution in [0, 0.1) is 0 Å². The van der Waals surface area contributed by atoms with Gasteiger partial charge in [-0.05, 0) is 31.0 Å². The molecular weight excluding hydrogens is 290 g/mol. The van der Waals surface area contributed by atoms with E-state index in [1.54, 1.807) is 0 Å². The second kappa shape index (κ2) is 6.91. The number of nitrogens with zero attached hydrogens (tertiary/aromatic N) is 4. The van der Waals surface area contributed by atoms with Gasteiger partial charge in [0.15, 0.2) is 0 Å². The number of rotatable bonds is 5. The Kier molecular flexibility index (Phi) is 4.71. The van der Waals surface area contributed by atoms with Gasteiger partial charge in [-0.25, -0.2) is 4.98 Å². The molecule has 0 spiro atoms. The highest BCUT2D eigenvalue weighted by atomic mass is 16.1. The van der Waals surface area contributed by atoms with Crippen LogP contribution in [0.15, 0.2) is 30.9 Å². The molecule has 0 unspecified atom stereocenters. The van der Waals surface area contributed by atoms with Crippen molar-refractivity contribution in [2.45, 2.75) is 38.9 Å². The monoisotopic (exact) mass is 313 g/mol. The fourth-order valence-electron chi connectivity index (χ4n) is 3.06. The lowest BCUT2D eigenvalue weighted by Crippen LogP contribution is -2.24. The minimum absolute atomic E-state index is 0.0211. The quantitative estimate of drug-likeness (QED) is 0.914. The van der Waals surface area contributed by atoms with E-state index in [0.29, 0.717) is 12.6 Å². The normalized spacial score (nSPS) is 18.3. The molecule has 6 heteroatoms. The first kappa shape index (κ1) is 15.7. The first-order valence-electron chi connectivity index (χ1n) is 8.02. The maximum Gasteiger partial charge on any atom is 0.217 e. The molecule has 1 N–H and O–H groups in total. The number of amides is 1. The smallest absolute Gasteiger partial charge is 0.217 e. The molecule has 0 bridgehead atoms. The van der Waals surface area contributed by atoms with Crippen molar-refractivity contribution in [3.05, 3.63) is 47.8 Å². The van der Waals surface area contributed by atoms with Crippen molar-refractivity contribution in [3.63, 3.8) is 0 Å². The van der Waals surface area contributed by atoms with Gasteiger partial charge in [0.05, 0.1) is 23.8 Å². The zero-order valence-electron chi connectivity index (χ0n) is 13.7. The van der Waals surface area contributed by atoms with E-state index in [-0.39, 0.29) is 5.91 Å². The minimum atomic E-state index is -0.0211. The lowest BCUT2D eigenvalue weighted by molar-refractivity contribution is -0.119. The van der Waals surface area contributed by atoms with E-state index >= 15 is 0 Å². The molecular formula is C17H23N5O. The summed E-state index contributed by atoms with van der Waals surface area (Å²) in [4.78, 5) is 22.3. The molecule has 23 heavy (non-hydrogen) atoms. The lowest BCUT2D eigenvalue weighted by Gasteiger charge is -2.24. The van der Waals surface area contributed by atoms with Gasteiger partial charge in [-0.1, -0.05) is 6.07 Å². The molecule has 0 saturated carbocycles. The fourth-order valence-corrected chi connectivity index (χ4v) is 3.06. The number of hydrogen-bond donors (Lipinski definition) is 1. The van der Waals surface area contributed by atoms with Crippen LogP contribution in [0.2, 0.25) is 0 Å². The van der Waals surface area contributed by atoms with Gasteiger partial charge in [-0.15, -0.1) is 0 Å². The van der Waals surface area contributed by atoms with Crippen LogP contribution in [0.5, 0.6) is 0 Å². The molecule has 1 saturated heterocycles. The number of hydrogen-bond acceptors (Lipinski definition) is 4. The Bertz CT molecular complexity index is 664. The van der Waals surface area contributed by atoms with Crippen molar-refractivity contribution in [2.75, 3.05) is 6.54 Å². The van der Waals surface area contributed by atoms with E-state index in [9.17, 15) is 4.79 Å². The van der Waals surface area contributed by atoms with Gasteiger partial charge in [-0.2, -0.15) is 0 Å². The maximum absolute atomic E-state index is 11.0. The average molecular weight is 313 g/mol. The van der Waals surface area contributed by atoms with E-state index in [4.69, 9.17) is 0 Å². The molecule has 0 radical (unpaired) electrons. The number of nitrogens with one attached hydrogen (secondary N) is 1. The molecule has 1 aliphatic rings. The predicted octanol–water partition coefficient (Wildman–Crippen LogP) is 1.79. The van der Waals surface area contributed by atoms with Gasteiger partial charge in [-0.3, -0.25) is 14.7 Å². The molecule has 1 fully saturated rings. The molecule has 1 amide bonds. The summed E-state index contributed by atoms with van der Waals surface area (Å²) in [5.41, 5.74) is 3.36. The zero-order valence-corrected chi connectivity index (χ0v) is 13.7. The van der Waals surface area contributed by atoms with Gasteiger partial charge < -0.3 is 9.88 Å². The molecule has 0 aromatic carbocycles. The van der Waals surface area contributed by atoms with Crippen LogP contribution >= 0.6 is 0 Å². The summed E-state index contributed by atoms with van der Waals surface area (Å²) in [5.74, 6) is -0.0211. The SMILES string of the molecule is CC(=O)NCc1ccc([C@@H]2CCCN2Cc2cncn2C)nc1. The Morgan fingerprint density at radius 1 is 1.39 bits per heavy atom. The highest BCUT2D eigenvalue weighted by molar-refractivity contribution is 5.72. The summed E-state index contributed by atoms with van der Waals surface area (Å²) >= 11 is 0. The lowest BCUT2D eigenvalue weighted by atomic mass is 10.1. The number of carbonyl (C=O) groups is 1. The number of pyridine rings is 1. The van der Waals surface area contributed by atoms with Crippen LogP contribution in [-0.4, -0.2) is 31.9 Å². The third-order valence-corrected chi connectivity index (χ3v) is 4.38. The summed E-state index contributed by atoms with van der Waals surface area (Å²) < 4.78 is 2.07. The molecule has 6 nitrogen and oxygen atoms in total. The largest absolute Gasteiger partial charge is 0.352 e. The second-order valence-electron chi connectivity index (χ2n) is 6.13. The van der Waals surface area contributed by atoms with Crippen LogP contribution in [-0.2, 0) is 24.9 Å². The first-order chi connectivity index (χ1) is 11.1. The molecule has 3 heterocycles. The Hall–Kier alpha value is -2.21. The molecule has 2 aromatic heterocycles. The Balaban J connectivity index is 1.67. The highest BCUT2D eigenvalue weighted by Crippen LogP contribution is 2.31. The van der Waals surface area contributed by atoms with Crippen LogP contribution < -0.4 is 5.32 Å².